The number of aryl methyl sites for hydroxylation is 1. The molecule has 0 amide bonds. The molecular weight excluding hydrogens is 318 g/mol. The van der Waals surface area contributed by atoms with Crippen LogP contribution in [0.25, 0.3) is 0 Å². The molecule has 0 atom stereocenters. The minimum atomic E-state index is 0.222. The number of nitrogens with zero attached hydrogens (tertiary/aromatic N) is 3. The second kappa shape index (κ2) is 6.87. The van der Waals surface area contributed by atoms with Crippen molar-refractivity contribution in [3.8, 4) is 6.07 Å². The van der Waals surface area contributed by atoms with Crippen LogP contribution >= 0.6 is 15.9 Å². The first-order chi connectivity index (χ1) is 9.69. The number of halogens is 1. The zero-order valence-corrected chi connectivity index (χ0v) is 12.6. The number of nitriles is 1. The number of hydrogen-bond donors (Lipinski definition) is 2. The van der Waals surface area contributed by atoms with E-state index in [2.05, 4.69) is 36.5 Å². The van der Waals surface area contributed by atoms with Crippen LogP contribution in [0.4, 0.5) is 11.6 Å². The summed E-state index contributed by atoms with van der Waals surface area (Å²) in [6.45, 7) is 2.71. The Morgan fingerprint density at radius 2 is 1.90 bits per heavy atom. The lowest BCUT2D eigenvalue weighted by Crippen LogP contribution is -2.07. The molecule has 0 unspecified atom stereocenters. The van der Waals surface area contributed by atoms with Crippen LogP contribution in [0.1, 0.15) is 11.4 Å². The second-order valence-electron chi connectivity index (χ2n) is 4.14. The van der Waals surface area contributed by atoms with Crippen LogP contribution in [0, 0.1) is 18.3 Å². The van der Waals surface area contributed by atoms with E-state index in [-0.39, 0.29) is 6.54 Å². The summed E-state index contributed by atoms with van der Waals surface area (Å²) in [7, 11) is 0. The molecule has 1 heterocycles. The van der Waals surface area contributed by atoms with Crippen molar-refractivity contribution in [1.29, 1.82) is 5.26 Å². The number of hydrogen-bond acceptors (Lipinski definition) is 5. The Balaban J connectivity index is 2.08. The summed E-state index contributed by atoms with van der Waals surface area (Å²) in [4.78, 5) is 8.55. The van der Waals surface area contributed by atoms with Gasteiger partial charge in [0.15, 0.2) is 0 Å². The third kappa shape index (κ3) is 3.93. The van der Waals surface area contributed by atoms with Gasteiger partial charge in [0.05, 0.1) is 6.07 Å². The van der Waals surface area contributed by atoms with Gasteiger partial charge < -0.3 is 10.6 Å². The van der Waals surface area contributed by atoms with Crippen molar-refractivity contribution in [3.63, 3.8) is 0 Å². The predicted octanol–water partition coefficient (Wildman–Crippen LogP) is 3.10. The first-order valence-electron chi connectivity index (χ1n) is 6.13. The Bertz CT molecular complexity index is 636. The normalized spacial score (nSPS) is 9.85. The van der Waals surface area contributed by atoms with Crippen molar-refractivity contribution in [2.75, 3.05) is 17.2 Å². The molecule has 20 heavy (non-hydrogen) atoms. The average Bonchev–Trinajstić information content (AvgIpc) is 2.44. The first-order valence-corrected chi connectivity index (χ1v) is 6.92. The van der Waals surface area contributed by atoms with Crippen molar-refractivity contribution < 1.29 is 0 Å². The van der Waals surface area contributed by atoms with Gasteiger partial charge in [0.25, 0.3) is 0 Å². The fraction of sp³-hybridized carbons (Fsp3) is 0.214. The SMILES string of the molecule is Cc1nc(NCC#N)cc(NCc2ccccc2Br)n1. The van der Waals surface area contributed by atoms with Gasteiger partial charge in [-0.2, -0.15) is 5.26 Å². The maximum atomic E-state index is 8.57. The van der Waals surface area contributed by atoms with E-state index in [4.69, 9.17) is 5.26 Å². The Morgan fingerprint density at radius 3 is 2.60 bits per heavy atom. The Labute approximate surface area is 126 Å². The molecule has 1 aromatic heterocycles. The second-order valence-corrected chi connectivity index (χ2v) is 5.00. The summed E-state index contributed by atoms with van der Waals surface area (Å²) in [6, 6.07) is 11.8. The molecule has 0 aliphatic heterocycles. The molecule has 0 fully saturated rings. The van der Waals surface area contributed by atoms with Gasteiger partial charge in [0.1, 0.15) is 24.0 Å². The molecule has 102 valence electrons. The predicted molar refractivity (Wildman–Crippen MR) is 82.3 cm³/mol. The largest absolute Gasteiger partial charge is 0.366 e. The first kappa shape index (κ1) is 14.3. The molecule has 0 aliphatic rings. The van der Waals surface area contributed by atoms with Crippen LogP contribution in [-0.4, -0.2) is 16.5 Å². The quantitative estimate of drug-likeness (QED) is 0.823. The fourth-order valence-electron chi connectivity index (χ4n) is 1.71. The van der Waals surface area contributed by atoms with Crippen molar-refractivity contribution >= 4 is 27.6 Å². The van der Waals surface area contributed by atoms with Crippen LogP contribution in [0.15, 0.2) is 34.8 Å². The molecule has 0 saturated heterocycles. The highest BCUT2D eigenvalue weighted by Crippen LogP contribution is 2.18. The van der Waals surface area contributed by atoms with Crippen molar-refractivity contribution in [3.05, 3.63) is 46.2 Å². The molecule has 0 aliphatic carbocycles. The topological polar surface area (TPSA) is 73.6 Å². The van der Waals surface area contributed by atoms with E-state index in [0.717, 1.165) is 15.9 Å². The minimum absolute atomic E-state index is 0.222. The number of rotatable bonds is 5. The molecular formula is C14H14BrN5. The van der Waals surface area contributed by atoms with E-state index >= 15 is 0 Å². The number of anilines is 2. The number of benzene rings is 1. The highest BCUT2D eigenvalue weighted by Gasteiger charge is 2.03. The Morgan fingerprint density at radius 1 is 1.20 bits per heavy atom. The molecule has 0 bridgehead atoms. The lowest BCUT2D eigenvalue weighted by Gasteiger charge is -2.10. The highest BCUT2D eigenvalue weighted by atomic mass is 79.9. The van der Waals surface area contributed by atoms with E-state index < -0.39 is 0 Å². The molecule has 5 nitrogen and oxygen atoms in total. The maximum Gasteiger partial charge on any atom is 0.132 e. The van der Waals surface area contributed by atoms with Gasteiger partial charge >= 0.3 is 0 Å². The molecule has 0 saturated carbocycles. The van der Waals surface area contributed by atoms with Crippen molar-refractivity contribution in [2.24, 2.45) is 0 Å². The van der Waals surface area contributed by atoms with Gasteiger partial charge in [0.2, 0.25) is 0 Å². The summed E-state index contributed by atoms with van der Waals surface area (Å²) in [5.74, 6) is 2.03. The Hall–Kier alpha value is -2.13. The summed E-state index contributed by atoms with van der Waals surface area (Å²) < 4.78 is 1.06. The van der Waals surface area contributed by atoms with E-state index in [1.54, 1.807) is 6.07 Å². The van der Waals surface area contributed by atoms with Crippen LogP contribution in [-0.2, 0) is 6.54 Å². The molecule has 1 aromatic carbocycles. The molecule has 2 N–H and O–H groups in total. The maximum absolute atomic E-state index is 8.57. The van der Waals surface area contributed by atoms with Crippen LogP contribution in [0.5, 0.6) is 0 Å². The monoisotopic (exact) mass is 331 g/mol. The number of aromatic nitrogens is 2. The lowest BCUT2D eigenvalue weighted by molar-refractivity contribution is 1.02. The van der Waals surface area contributed by atoms with E-state index in [0.29, 0.717) is 18.2 Å². The standard InChI is InChI=1S/C14H14BrN5/c1-10-19-13(17-7-6-16)8-14(20-10)18-9-11-4-2-3-5-12(11)15/h2-5,8H,7,9H2,1H3,(H2,17,18,19,20). The lowest BCUT2D eigenvalue weighted by atomic mass is 10.2. The van der Waals surface area contributed by atoms with Crippen LogP contribution in [0.2, 0.25) is 0 Å². The smallest absolute Gasteiger partial charge is 0.132 e. The fourth-order valence-corrected chi connectivity index (χ4v) is 2.13. The highest BCUT2D eigenvalue weighted by molar-refractivity contribution is 9.10. The van der Waals surface area contributed by atoms with Gasteiger partial charge in [-0.3, -0.25) is 0 Å². The minimum Gasteiger partial charge on any atom is -0.366 e. The summed E-state index contributed by atoms with van der Waals surface area (Å²) >= 11 is 3.51. The van der Waals surface area contributed by atoms with Gasteiger partial charge in [0, 0.05) is 17.1 Å². The molecule has 0 radical (unpaired) electrons. The molecule has 0 spiro atoms. The van der Waals surface area contributed by atoms with Gasteiger partial charge in [-0.1, -0.05) is 34.1 Å². The summed E-state index contributed by atoms with van der Waals surface area (Å²) in [5.41, 5.74) is 1.15. The van der Waals surface area contributed by atoms with Gasteiger partial charge in [-0.05, 0) is 18.6 Å². The number of nitrogens with one attached hydrogen (secondary N) is 2. The zero-order chi connectivity index (χ0) is 14.4. The third-order valence-electron chi connectivity index (χ3n) is 2.60. The summed E-state index contributed by atoms with van der Waals surface area (Å²) in [6.07, 6.45) is 0. The molecule has 2 rings (SSSR count). The summed E-state index contributed by atoms with van der Waals surface area (Å²) in [5, 5.41) is 14.8. The van der Waals surface area contributed by atoms with E-state index in [9.17, 15) is 0 Å². The average molecular weight is 332 g/mol. The van der Waals surface area contributed by atoms with Gasteiger partial charge in [-0.25, -0.2) is 9.97 Å². The van der Waals surface area contributed by atoms with Crippen LogP contribution in [0.3, 0.4) is 0 Å². The van der Waals surface area contributed by atoms with Crippen molar-refractivity contribution in [2.45, 2.75) is 13.5 Å². The Kier molecular flexibility index (Phi) is 4.91. The zero-order valence-electron chi connectivity index (χ0n) is 11.0. The van der Waals surface area contributed by atoms with Gasteiger partial charge in [-0.15, -0.1) is 0 Å². The van der Waals surface area contributed by atoms with Crippen LogP contribution < -0.4 is 10.6 Å². The molecule has 2 aromatic rings. The van der Waals surface area contributed by atoms with Crippen molar-refractivity contribution in [1.82, 2.24) is 9.97 Å². The molecule has 6 heteroatoms. The van der Waals surface area contributed by atoms with E-state index in [1.165, 1.54) is 0 Å². The third-order valence-corrected chi connectivity index (χ3v) is 3.38. The van der Waals surface area contributed by atoms with E-state index in [1.807, 2.05) is 37.3 Å².